The van der Waals surface area contributed by atoms with Crippen molar-refractivity contribution in [2.24, 2.45) is 5.92 Å². The molecule has 10 heavy (non-hydrogen) atoms. The lowest BCUT2D eigenvalue weighted by Crippen LogP contribution is -2.31. The molecule has 1 saturated carbocycles. The van der Waals surface area contributed by atoms with E-state index in [0.29, 0.717) is 5.92 Å². The third kappa shape index (κ3) is 1.88. The molecule has 0 aromatic heterocycles. The Labute approximate surface area is 66.3 Å². The predicted octanol–water partition coefficient (Wildman–Crippen LogP) is 0.796. The lowest BCUT2D eigenvalue weighted by molar-refractivity contribution is 0.379. The Morgan fingerprint density at radius 3 is 2.20 bits per heavy atom. The smallest absolute Gasteiger partial charge is 0.426 e. The Morgan fingerprint density at radius 2 is 1.80 bits per heavy atom. The maximum atomic E-state index is 8.70. The minimum Gasteiger partial charge on any atom is -0.426 e. The maximum Gasteiger partial charge on any atom is 0.470 e. The van der Waals surface area contributed by atoms with Gasteiger partial charge in [-0.25, -0.2) is 0 Å². The first-order chi connectivity index (χ1) is 4.72. The van der Waals surface area contributed by atoms with Gasteiger partial charge in [-0.2, -0.15) is 0 Å². The quantitative estimate of drug-likeness (QED) is 0.466. The molecule has 1 fully saturated rings. The molecule has 1 atom stereocenters. The largest absolute Gasteiger partial charge is 0.470 e. The van der Waals surface area contributed by atoms with E-state index >= 15 is 0 Å². The molecule has 1 aliphatic rings. The zero-order valence-corrected chi connectivity index (χ0v) is 6.59. The minimum absolute atomic E-state index is 0.321. The van der Waals surface area contributed by atoms with Crippen molar-refractivity contribution in [3.8, 4) is 0 Å². The third-order valence-corrected chi connectivity index (χ3v) is 2.72. The van der Waals surface area contributed by atoms with Crippen molar-refractivity contribution in [2.45, 2.75) is 31.0 Å². The third-order valence-electron chi connectivity index (χ3n) is 2.13. The van der Waals surface area contributed by atoms with Gasteiger partial charge in [-0.15, -0.1) is 11.6 Å². The van der Waals surface area contributed by atoms with E-state index in [9.17, 15) is 0 Å². The Morgan fingerprint density at radius 1 is 1.30 bits per heavy atom. The summed E-state index contributed by atoms with van der Waals surface area (Å²) in [5.74, 6) is 0.321. The van der Waals surface area contributed by atoms with Crippen LogP contribution in [-0.2, 0) is 0 Å². The van der Waals surface area contributed by atoms with Crippen LogP contribution < -0.4 is 0 Å². The molecular formula is C6H12BClO2. The zero-order chi connectivity index (χ0) is 7.56. The van der Waals surface area contributed by atoms with Gasteiger partial charge in [-0.05, 0) is 18.8 Å². The molecule has 1 unspecified atom stereocenters. The average molecular weight is 162 g/mol. The van der Waals surface area contributed by atoms with Crippen molar-refractivity contribution in [1.82, 2.24) is 0 Å². The van der Waals surface area contributed by atoms with Crippen LogP contribution in [0.15, 0.2) is 0 Å². The van der Waals surface area contributed by atoms with E-state index in [0.717, 1.165) is 12.8 Å². The summed E-state index contributed by atoms with van der Waals surface area (Å²) in [4.78, 5) is 0. The molecule has 1 aliphatic carbocycles. The Bertz CT molecular complexity index is 104. The lowest BCUT2D eigenvalue weighted by atomic mass is 9.77. The van der Waals surface area contributed by atoms with Crippen LogP contribution >= 0.6 is 11.6 Å². The highest BCUT2D eigenvalue weighted by Crippen LogP contribution is 2.30. The van der Waals surface area contributed by atoms with Crippen LogP contribution in [-0.4, -0.2) is 22.4 Å². The van der Waals surface area contributed by atoms with E-state index in [4.69, 9.17) is 21.6 Å². The Kier molecular flexibility index (Phi) is 3.02. The van der Waals surface area contributed by atoms with E-state index in [-0.39, 0.29) is 0 Å². The second kappa shape index (κ2) is 3.60. The molecule has 4 heteroatoms. The van der Waals surface area contributed by atoms with Crippen LogP contribution in [0.1, 0.15) is 25.7 Å². The molecule has 0 bridgehead atoms. The van der Waals surface area contributed by atoms with Crippen LogP contribution in [0.3, 0.4) is 0 Å². The molecule has 0 aromatic carbocycles. The van der Waals surface area contributed by atoms with E-state index in [2.05, 4.69) is 0 Å². The highest BCUT2D eigenvalue weighted by molar-refractivity contribution is 6.57. The van der Waals surface area contributed by atoms with Gasteiger partial charge >= 0.3 is 7.12 Å². The number of alkyl halides is 1. The molecule has 0 aromatic rings. The molecule has 0 heterocycles. The van der Waals surface area contributed by atoms with Crippen molar-refractivity contribution in [3.05, 3.63) is 0 Å². The summed E-state index contributed by atoms with van der Waals surface area (Å²) in [5, 5.41) is 17.0. The molecule has 0 aliphatic heterocycles. The summed E-state index contributed by atoms with van der Waals surface area (Å²) in [6.07, 6.45) is 4.46. The molecule has 2 nitrogen and oxygen atoms in total. The fourth-order valence-electron chi connectivity index (χ4n) is 1.52. The zero-order valence-electron chi connectivity index (χ0n) is 5.83. The van der Waals surface area contributed by atoms with Gasteiger partial charge in [0.25, 0.3) is 0 Å². The van der Waals surface area contributed by atoms with Gasteiger partial charge in [0.15, 0.2) is 0 Å². The maximum absolute atomic E-state index is 8.70. The van der Waals surface area contributed by atoms with Crippen molar-refractivity contribution >= 4 is 18.7 Å². The van der Waals surface area contributed by atoms with Gasteiger partial charge in [0.2, 0.25) is 0 Å². The van der Waals surface area contributed by atoms with Crippen LogP contribution in [0, 0.1) is 5.92 Å². The van der Waals surface area contributed by atoms with Gasteiger partial charge in [0.05, 0.1) is 5.28 Å². The number of rotatable bonds is 2. The van der Waals surface area contributed by atoms with E-state index in [1.54, 1.807) is 0 Å². The molecule has 0 amide bonds. The fourth-order valence-corrected chi connectivity index (χ4v) is 1.77. The second-order valence-electron chi connectivity index (χ2n) is 2.90. The first kappa shape index (κ1) is 8.37. The average Bonchev–Trinajstić information content (AvgIpc) is 2.36. The monoisotopic (exact) mass is 162 g/mol. The van der Waals surface area contributed by atoms with Crippen molar-refractivity contribution in [2.75, 3.05) is 0 Å². The van der Waals surface area contributed by atoms with Crippen molar-refractivity contribution < 1.29 is 10.0 Å². The van der Waals surface area contributed by atoms with Gasteiger partial charge < -0.3 is 10.0 Å². The highest BCUT2D eigenvalue weighted by Gasteiger charge is 2.31. The van der Waals surface area contributed by atoms with Gasteiger partial charge in [0.1, 0.15) is 0 Å². The van der Waals surface area contributed by atoms with Crippen LogP contribution in [0.4, 0.5) is 0 Å². The first-order valence-electron chi connectivity index (χ1n) is 3.72. The normalized spacial score (nSPS) is 23.1. The number of hydrogen-bond donors (Lipinski definition) is 2. The van der Waals surface area contributed by atoms with Crippen LogP contribution in [0.5, 0.6) is 0 Å². The van der Waals surface area contributed by atoms with Crippen LogP contribution in [0.2, 0.25) is 0 Å². The highest BCUT2D eigenvalue weighted by atomic mass is 35.5. The summed E-state index contributed by atoms with van der Waals surface area (Å²) in [5.41, 5.74) is 0. The van der Waals surface area contributed by atoms with Gasteiger partial charge in [-0.1, -0.05) is 12.8 Å². The van der Waals surface area contributed by atoms with Gasteiger partial charge in [0, 0.05) is 0 Å². The lowest BCUT2D eigenvalue weighted by Gasteiger charge is -2.14. The summed E-state index contributed by atoms with van der Waals surface area (Å²) < 4.78 is 0. The predicted molar refractivity (Wildman–Crippen MR) is 41.8 cm³/mol. The number of hydrogen-bond acceptors (Lipinski definition) is 2. The van der Waals surface area contributed by atoms with Gasteiger partial charge in [-0.3, -0.25) is 0 Å². The molecule has 58 valence electrons. The summed E-state index contributed by atoms with van der Waals surface area (Å²) in [7, 11) is -1.34. The van der Waals surface area contributed by atoms with Crippen molar-refractivity contribution in [1.29, 1.82) is 0 Å². The fraction of sp³-hybridized carbons (Fsp3) is 1.00. The first-order valence-corrected chi connectivity index (χ1v) is 4.15. The second-order valence-corrected chi connectivity index (χ2v) is 3.41. The molecule has 0 saturated heterocycles. The molecule has 0 spiro atoms. The standard InChI is InChI=1S/C6H12BClO2/c8-6(7(9)10)5-3-1-2-4-5/h5-6,9-10H,1-4H2. The topological polar surface area (TPSA) is 40.5 Å². The molecule has 1 rings (SSSR count). The van der Waals surface area contributed by atoms with E-state index in [1.165, 1.54) is 12.8 Å². The van der Waals surface area contributed by atoms with E-state index < -0.39 is 12.4 Å². The van der Waals surface area contributed by atoms with E-state index in [1.807, 2.05) is 0 Å². The molecular weight excluding hydrogens is 150 g/mol. The molecule has 2 N–H and O–H groups in total. The summed E-state index contributed by atoms with van der Waals surface area (Å²) >= 11 is 5.72. The summed E-state index contributed by atoms with van der Waals surface area (Å²) in [6.45, 7) is 0. The summed E-state index contributed by atoms with van der Waals surface area (Å²) in [6, 6.07) is 0. The number of halogens is 1. The minimum atomic E-state index is -1.34. The van der Waals surface area contributed by atoms with Crippen LogP contribution in [0.25, 0.3) is 0 Å². The molecule has 0 radical (unpaired) electrons. The SMILES string of the molecule is OB(O)C(Cl)C1CCCC1. The Balaban J connectivity index is 2.32. The van der Waals surface area contributed by atoms with Crippen molar-refractivity contribution in [3.63, 3.8) is 0 Å². The Hall–Kier alpha value is 0.275.